The van der Waals surface area contributed by atoms with Crippen molar-refractivity contribution < 1.29 is 8.42 Å². The number of H-pyrrole nitrogens is 1. The Morgan fingerprint density at radius 1 is 1.29 bits per heavy atom. The zero-order chi connectivity index (χ0) is 10.3. The molecule has 0 bridgehead atoms. The summed E-state index contributed by atoms with van der Waals surface area (Å²) in [5, 5.41) is 0.936. The molecule has 2 aromatic rings. The van der Waals surface area contributed by atoms with Crippen LogP contribution in [0.4, 0.5) is 0 Å². The molecule has 0 atom stereocenters. The lowest BCUT2D eigenvalue weighted by atomic mass is 10.2. The van der Waals surface area contributed by atoms with E-state index in [2.05, 4.69) is 4.98 Å². The first-order valence-electron chi connectivity index (χ1n) is 4.27. The van der Waals surface area contributed by atoms with Gasteiger partial charge in [-0.05, 0) is 19.1 Å². The van der Waals surface area contributed by atoms with Crippen molar-refractivity contribution in [3.8, 4) is 0 Å². The second-order valence-electron chi connectivity index (χ2n) is 3.44. The number of rotatable bonds is 1. The first-order valence-corrected chi connectivity index (χ1v) is 6.16. The van der Waals surface area contributed by atoms with Crippen molar-refractivity contribution in [2.45, 2.75) is 11.8 Å². The van der Waals surface area contributed by atoms with Crippen molar-refractivity contribution in [2.24, 2.45) is 0 Å². The Hall–Kier alpha value is -1.29. The SMILES string of the molecule is Cc1cc2cccc(S(C)(=O)=O)c2[nH]1. The van der Waals surface area contributed by atoms with Gasteiger partial charge in [-0.1, -0.05) is 12.1 Å². The van der Waals surface area contributed by atoms with Gasteiger partial charge in [0.25, 0.3) is 0 Å². The van der Waals surface area contributed by atoms with Gasteiger partial charge in [0.1, 0.15) is 0 Å². The van der Waals surface area contributed by atoms with E-state index in [9.17, 15) is 8.42 Å². The van der Waals surface area contributed by atoms with E-state index in [1.54, 1.807) is 12.1 Å². The van der Waals surface area contributed by atoms with Gasteiger partial charge in [0.2, 0.25) is 0 Å². The molecule has 1 aromatic carbocycles. The molecule has 2 rings (SSSR count). The van der Waals surface area contributed by atoms with Gasteiger partial charge in [0, 0.05) is 17.3 Å². The number of sulfone groups is 1. The van der Waals surface area contributed by atoms with Crippen LogP contribution in [-0.2, 0) is 9.84 Å². The number of nitrogens with one attached hydrogen (secondary N) is 1. The third-order valence-electron chi connectivity index (χ3n) is 2.15. The summed E-state index contributed by atoms with van der Waals surface area (Å²) in [6, 6.07) is 7.21. The summed E-state index contributed by atoms with van der Waals surface area (Å²) in [5.41, 5.74) is 1.67. The van der Waals surface area contributed by atoms with E-state index in [0.29, 0.717) is 10.4 Å². The lowest BCUT2D eigenvalue weighted by Crippen LogP contribution is -1.97. The monoisotopic (exact) mass is 209 g/mol. The minimum atomic E-state index is -3.15. The molecule has 0 aliphatic heterocycles. The Morgan fingerprint density at radius 3 is 2.64 bits per heavy atom. The smallest absolute Gasteiger partial charge is 0.177 e. The van der Waals surface area contributed by atoms with Gasteiger partial charge in [0.05, 0.1) is 10.4 Å². The van der Waals surface area contributed by atoms with Crippen LogP contribution in [0.2, 0.25) is 0 Å². The summed E-state index contributed by atoms with van der Waals surface area (Å²) in [7, 11) is -3.15. The standard InChI is InChI=1S/C10H11NO2S/c1-7-6-8-4-3-5-9(10(8)11-7)14(2,12)13/h3-6,11H,1-2H3. The average molecular weight is 209 g/mol. The molecule has 0 amide bonds. The lowest BCUT2D eigenvalue weighted by Gasteiger charge is -1.99. The van der Waals surface area contributed by atoms with Crippen LogP contribution < -0.4 is 0 Å². The Bertz CT molecular complexity index is 581. The van der Waals surface area contributed by atoms with E-state index >= 15 is 0 Å². The van der Waals surface area contributed by atoms with E-state index in [1.807, 2.05) is 19.1 Å². The van der Waals surface area contributed by atoms with Crippen molar-refractivity contribution in [3.63, 3.8) is 0 Å². The zero-order valence-corrected chi connectivity index (χ0v) is 8.85. The fourth-order valence-corrected chi connectivity index (χ4v) is 2.44. The van der Waals surface area contributed by atoms with Crippen LogP contribution in [0.5, 0.6) is 0 Å². The maximum Gasteiger partial charge on any atom is 0.177 e. The molecular weight excluding hydrogens is 198 g/mol. The van der Waals surface area contributed by atoms with Crippen LogP contribution in [-0.4, -0.2) is 19.7 Å². The van der Waals surface area contributed by atoms with E-state index in [-0.39, 0.29) is 0 Å². The summed E-state index contributed by atoms with van der Waals surface area (Å²) < 4.78 is 22.9. The Morgan fingerprint density at radius 2 is 2.00 bits per heavy atom. The number of hydrogen-bond donors (Lipinski definition) is 1. The van der Waals surface area contributed by atoms with Crippen molar-refractivity contribution in [1.29, 1.82) is 0 Å². The van der Waals surface area contributed by atoms with Gasteiger partial charge >= 0.3 is 0 Å². The maximum atomic E-state index is 11.4. The molecular formula is C10H11NO2S. The minimum absolute atomic E-state index is 0.364. The average Bonchev–Trinajstić information content (AvgIpc) is 2.41. The number of aromatic amines is 1. The van der Waals surface area contributed by atoms with Crippen LogP contribution in [0.3, 0.4) is 0 Å². The van der Waals surface area contributed by atoms with Crippen molar-refractivity contribution in [2.75, 3.05) is 6.26 Å². The van der Waals surface area contributed by atoms with Gasteiger partial charge in [0.15, 0.2) is 9.84 Å². The van der Waals surface area contributed by atoms with Crippen molar-refractivity contribution >= 4 is 20.7 Å². The van der Waals surface area contributed by atoms with Crippen molar-refractivity contribution in [3.05, 3.63) is 30.0 Å². The highest BCUT2D eigenvalue weighted by Crippen LogP contribution is 2.22. The van der Waals surface area contributed by atoms with E-state index in [1.165, 1.54) is 6.26 Å². The van der Waals surface area contributed by atoms with Crippen LogP contribution in [0, 0.1) is 6.92 Å². The zero-order valence-electron chi connectivity index (χ0n) is 8.03. The fourth-order valence-electron chi connectivity index (χ4n) is 1.58. The first-order chi connectivity index (χ1) is 6.48. The van der Waals surface area contributed by atoms with Crippen LogP contribution >= 0.6 is 0 Å². The van der Waals surface area contributed by atoms with Gasteiger partial charge in [-0.3, -0.25) is 0 Å². The Labute approximate surface area is 82.7 Å². The van der Waals surface area contributed by atoms with Gasteiger partial charge in [-0.15, -0.1) is 0 Å². The maximum absolute atomic E-state index is 11.4. The second kappa shape index (κ2) is 2.85. The van der Waals surface area contributed by atoms with E-state index in [0.717, 1.165) is 11.1 Å². The summed E-state index contributed by atoms with van der Waals surface area (Å²) in [6.07, 6.45) is 1.22. The summed E-state index contributed by atoms with van der Waals surface area (Å²) in [6.45, 7) is 1.91. The predicted octanol–water partition coefficient (Wildman–Crippen LogP) is 1.88. The molecule has 1 N–H and O–H groups in total. The third-order valence-corrected chi connectivity index (χ3v) is 3.29. The molecule has 0 saturated carbocycles. The molecule has 0 spiro atoms. The summed E-state index contributed by atoms with van der Waals surface area (Å²) in [4.78, 5) is 3.42. The molecule has 3 nitrogen and oxygen atoms in total. The van der Waals surface area contributed by atoms with E-state index < -0.39 is 9.84 Å². The highest BCUT2D eigenvalue weighted by molar-refractivity contribution is 7.91. The highest BCUT2D eigenvalue weighted by Gasteiger charge is 2.12. The molecule has 14 heavy (non-hydrogen) atoms. The Kier molecular flexibility index (Phi) is 1.89. The number of fused-ring (bicyclic) bond motifs is 1. The Balaban J connectivity index is 2.90. The summed E-state index contributed by atoms with van der Waals surface area (Å²) in [5.74, 6) is 0. The van der Waals surface area contributed by atoms with Crippen LogP contribution in [0.15, 0.2) is 29.2 Å². The number of benzene rings is 1. The van der Waals surface area contributed by atoms with Crippen LogP contribution in [0.1, 0.15) is 5.69 Å². The summed E-state index contributed by atoms with van der Waals surface area (Å²) >= 11 is 0. The molecule has 0 radical (unpaired) electrons. The van der Waals surface area contributed by atoms with Gasteiger partial charge < -0.3 is 4.98 Å². The minimum Gasteiger partial charge on any atom is -0.358 e. The molecule has 1 aromatic heterocycles. The lowest BCUT2D eigenvalue weighted by molar-refractivity contribution is 0.602. The highest BCUT2D eigenvalue weighted by atomic mass is 32.2. The topological polar surface area (TPSA) is 49.9 Å². The van der Waals surface area contributed by atoms with Crippen molar-refractivity contribution in [1.82, 2.24) is 4.98 Å². The quantitative estimate of drug-likeness (QED) is 0.779. The van der Waals surface area contributed by atoms with Gasteiger partial charge in [-0.25, -0.2) is 8.42 Å². The number of para-hydroxylation sites is 1. The largest absolute Gasteiger partial charge is 0.358 e. The molecule has 0 fully saturated rings. The van der Waals surface area contributed by atoms with Crippen LogP contribution in [0.25, 0.3) is 10.9 Å². The molecule has 1 heterocycles. The first kappa shape index (κ1) is 9.27. The number of aryl methyl sites for hydroxylation is 1. The molecule has 4 heteroatoms. The molecule has 0 unspecified atom stereocenters. The second-order valence-corrected chi connectivity index (χ2v) is 5.43. The van der Waals surface area contributed by atoms with E-state index in [4.69, 9.17) is 0 Å². The normalized spacial score (nSPS) is 12.1. The predicted molar refractivity (Wildman–Crippen MR) is 56.1 cm³/mol. The van der Waals surface area contributed by atoms with Gasteiger partial charge in [-0.2, -0.15) is 0 Å². The molecule has 0 saturated heterocycles. The molecule has 74 valence electrons. The number of hydrogen-bond acceptors (Lipinski definition) is 2. The molecule has 0 aliphatic carbocycles. The number of aromatic nitrogens is 1. The third kappa shape index (κ3) is 1.42. The molecule has 0 aliphatic rings. The fraction of sp³-hybridized carbons (Fsp3) is 0.200.